The highest BCUT2D eigenvalue weighted by Crippen LogP contribution is 2.43. The molecule has 2 aromatic rings. The van der Waals surface area contributed by atoms with Crippen LogP contribution in [0.5, 0.6) is 0 Å². The van der Waals surface area contributed by atoms with Crippen molar-refractivity contribution in [3.05, 3.63) is 99.2 Å². The fourth-order valence-corrected chi connectivity index (χ4v) is 4.83. The molecule has 0 radical (unpaired) electrons. The summed E-state index contributed by atoms with van der Waals surface area (Å²) in [6.45, 7) is 5.10. The van der Waals surface area contributed by atoms with Gasteiger partial charge in [0, 0.05) is 10.7 Å². The summed E-state index contributed by atoms with van der Waals surface area (Å²) in [7, 11) is 0. The van der Waals surface area contributed by atoms with E-state index in [1.54, 1.807) is 31.2 Å². The summed E-state index contributed by atoms with van der Waals surface area (Å²) >= 11 is 7.33. The Morgan fingerprint density at radius 3 is 2.57 bits per heavy atom. The van der Waals surface area contributed by atoms with E-state index < -0.39 is 29.5 Å². The zero-order valence-corrected chi connectivity index (χ0v) is 21.1. The predicted molar refractivity (Wildman–Crippen MR) is 136 cm³/mol. The summed E-state index contributed by atoms with van der Waals surface area (Å²) in [5, 5.41) is 15.9. The Kier molecular flexibility index (Phi) is 9.08. The maximum absolute atomic E-state index is 13.3. The van der Waals surface area contributed by atoms with Crippen LogP contribution in [0.3, 0.4) is 0 Å². The predicted octanol–water partition coefficient (Wildman–Crippen LogP) is 6.16. The Morgan fingerprint density at radius 2 is 1.92 bits per heavy atom. The van der Waals surface area contributed by atoms with Gasteiger partial charge < -0.3 is 15.4 Å². The lowest BCUT2D eigenvalue weighted by Gasteiger charge is -2.29. The Morgan fingerprint density at radius 1 is 1.24 bits per heavy atom. The van der Waals surface area contributed by atoms with Crippen molar-refractivity contribution in [1.29, 1.82) is 5.26 Å². The van der Waals surface area contributed by atoms with E-state index in [0.717, 1.165) is 23.9 Å². The fourth-order valence-electron chi connectivity index (χ4n) is 3.69. The maximum atomic E-state index is 13.3. The summed E-state index contributed by atoms with van der Waals surface area (Å²) in [5.74, 6) is -2.58. The smallest absolute Gasteiger partial charge is 0.418 e. The molecule has 0 saturated carbocycles. The number of carbonyl (C=O) groups is 2. The number of rotatable bonds is 8. The fraction of sp³-hybridized carbons (Fsp3) is 0.192. The molecule has 11 heteroatoms. The normalized spacial score (nSPS) is 15.5. The molecule has 0 spiro atoms. The highest BCUT2D eigenvalue weighted by molar-refractivity contribution is 8.03. The molecule has 0 aromatic heterocycles. The van der Waals surface area contributed by atoms with E-state index in [9.17, 15) is 28.0 Å². The molecule has 0 bridgehead atoms. The highest BCUT2D eigenvalue weighted by atomic mass is 35.5. The lowest BCUT2D eigenvalue weighted by Crippen LogP contribution is -2.29. The van der Waals surface area contributed by atoms with Gasteiger partial charge in [0.15, 0.2) is 0 Å². The summed E-state index contributed by atoms with van der Waals surface area (Å²) in [6.07, 6.45) is -3.23. The van der Waals surface area contributed by atoms with E-state index in [1.165, 1.54) is 18.2 Å². The Bertz CT molecular complexity index is 1330. The first kappa shape index (κ1) is 27.9. The van der Waals surface area contributed by atoms with E-state index in [4.69, 9.17) is 16.3 Å². The number of carbonyl (C=O) groups excluding carboxylic acids is 2. The molecule has 0 saturated heterocycles. The largest absolute Gasteiger partial charge is 0.458 e. The number of esters is 1. The number of nitrogens with zero attached hydrogens (tertiary/aromatic N) is 1. The number of dihydropyridines is 1. The number of allylic oxidation sites excluding steroid dienone is 2. The third-order valence-electron chi connectivity index (χ3n) is 5.27. The van der Waals surface area contributed by atoms with Crippen molar-refractivity contribution in [2.45, 2.75) is 19.0 Å². The van der Waals surface area contributed by atoms with E-state index in [1.807, 2.05) is 0 Å². The lowest BCUT2D eigenvalue weighted by molar-refractivity contribution is -0.138. The van der Waals surface area contributed by atoms with E-state index in [0.29, 0.717) is 16.3 Å². The van der Waals surface area contributed by atoms with Crippen LogP contribution in [0.4, 0.5) is 18.9 Å². The third-order valence-corrected chi connectivity index (χ3v) is 6.63. The van der Waals surface area contributed by atoms with Crippen LogP contribution in [0, 0.1) is 11.3 Å². The van der Waals surface area contributed by atoms with Gasteiger partial charge in [0.25, 0.3) is 0 Å². The summed E-state index contributed by atoms with van der Waals surface area (Å²) in [6, 6.07) is 13.4. The van der Waals surface area contributed by atoms with Crippen molar-refractivity contribution < 1.29 is 27.5 Å². The number of para-hydroxylation sites is 1. The molecular formula is C26H21ClF3N3O3S. The van der Waals surface area contributed by atoms with Crippen molar-refractivity contribution in [2.24, 2.45) is 0 Å². The number of nitrogens with one attached hydrogen (secondary N) is 2. The average Bonchev–Trinajstić information content (AvgIpc) is 2.85. The van der Waals surface area contributed by atoms with Crippen molar-refractivity contribution in [3.63, 3.8) is 0 Å². The molecular weight excluding hydrogens is 527 g/mol. The van der Waals surface area contributed by atoms with Crippen molar-refractivity contribution >= 4 is 40.9 Å². The van der Waals surface area contributed by atoms with Crippen molar-refractivity contribution in [3.8, 4) is 6.07 Å². The Balaban J connectivity index is 1.92. The summed E-state index contributed by atoms with van der Waals surface area (Å²) < 4.78 is 45.0. The molecule has 192 valence electrons. The van der Waals surface area contributed by atoms with Crippen LogP contribution < -0.4 is 10.6 Å². The molecule has 1 atom stereocenters. The van der Waals surface area contributed by atoms with Gasteiger partial charge in [-0.15, -0.1) is 0 Å². The second kappa shape index (κ2) is 12.0. The quantitative estimate of drug-likeness (QED) is 0.304. The van der Waals surface area contributed by atoms with Crippen molar-refractivity contribution in [2.75, 3.05) is 17.7 Å². The number of ether oxygens (including phenoxy) is 1. The minimum atomic E-state index is -4.64. The van der Waals surface area contributed by atoms with Gasteiger partial charge >= 0.3 is 12.1 Å². The standard InChI is InChI=1S/C26H21ClF3N3O3S/c1-3-12-36-25(35)22-15(2)32-24(17(13-31)23(22)16-8-4-6-10-19(16)27)37-14-21(34)33-20-11-7-5-9-18(20)26(28,29)30/h3-11,23,32H,1,12,14H2,2H3,(H,33,34)/t23-/m0/s1. The van der Waals surface area contributed by atoms with Gasteiger partial charge in [-0.3, -0.25) is 4.79 Å². The van der Waals surface area contributed by atoms with Crippen LogP contribution >= 0.6 is 23.4 Å². The number of anilines is 1. The molecule has 37 heavy (non-hydrogen) atoms. The van der Waals surface area contributed by atoms with Gasteiger partial charge in [-0.2, -0.15) is 18.4 Å². The molecule has 3 rings (SSSR count). The van der Waals surface area contributed by atoms with Crippen LogP contribution in [0.2, 0.25) is 5.02 Å². The third kappa shape index (κ3) is 6.56. The molecule has 2 aromatic carbocycles. The maximum Gasteiger partial charge on any atom is 0.418 e. The van der Waals surface area contributed by atoms with Crippen LogP contribution in [0.25, 0.3) is 0 Å². The van der Waals surface area contributed by atoms with Gasteiger partial charge in [-0.05, 0) is 30.7 Å². The molecule has 0 fully saturated rings. The van der Waals surface area contributed by atoms with Gasteiger partial charge in [0.2, 0.25) is 5.91 Å². The number of halogens is 4. The first-order valence-corrected chi connectivity index (χ1v) is 12.2. The average molecular weight is 548 g/mol. The Hall–Kier alpha value is -3.68. The zero-order valence-electron chi connectivity index (χ0n) is 19.5. The van der Waals surface area contributed by atoms with Gasteiger partial charge in [0.1, 0.15) is 6.61 Å². The number of alkyl halides is 3. The topological polar surface area (TPSA) is 91.2 Å². The van der Waals surface area contributed by atoms with Crippen LogP contribution in [0.1, 0.15) is 24.0 Å². The number of hydrogen-bond donors (Lipinski definition) is 2. The number of nitriles is 1. The molecule has 1 amide bonds. The zero-order chi connectivity index (χ0) is 27.2. The molecule has 0 unspecified atom stereocenters. The lowest BCUT2D eigenvalue weighted by atomic mass is 9.82. The minimum absolute atomic E-state index is 0.0440. The van der Waals surface area contributed by atoms with Gasteiger partial charge in [0.05, 0.1) is 45.2 Å². The summed E-state index contributed by atoms with van der Waals surface area (Å²) in [4.78, 5) is 25.5. The highest BCUT2D eigenvalue weighted by Gasteiger charge is 2.37. The van der Waals surface area contributed by atoms with Crippen molar-refractivity contribution in [1.82, 2.24) is 5.32 Å². The first-order valence-electron chi connectivity index (χ1n) is 10.8. The first-order chi connectivity index (χ1) is 17.6. The van der Waals surface area contributed by atoms with Crippen LogP contribution in [-0.2, 0) is 20.5 Å². The van der Waals surface area contributed by atoms with Gasteiger partial charge in [-0.25, -0.2) is 4.79 Å². The molecule has 1 heterocycles. The van der Waals surface area contributed by atoms with E-state index in [2.05, 4.69) is 23.3 Å². The molecule has 6 nitrogen and oxygen atoms in total. The molecule has 1 aliphatic heterocycles. The van der Waals surface area contributed by atoms with E-state index >= 15 is 0 Å². The molecule has 1 aliphatic rings. The number of thioether (sulfide) groups is 1. The number of hydrogen-bond acceptors (Lipinski definition) is 6. The van der Waals surface area contributed by atoms with Crippen LogP contribution in [0.15, 0.2) is 83.1 Å². The number of benzene rings is 2. The number of amides is 1. The molecule has 2 N–H and O–H groups in total. The second-order valence-electron chi connectivity index (χ2n) is 7.74. The molecule has 0 aliphatic carbocycles. The summed E-state index contributed by atoms with van der Waals surface area (Å²) in [5.41, 5.74) is -0.209. The minimum Gasteiger partial charge on any atom is -0.458 e. The second-order valence-corrected chi connectivity index (χ2v) is 9.13. The monoisotopic (exact) mass is 547 g/mol. The SMILES string of the molecule is C=CCOC(=O)C1=C(C)NC(SCC(=O)Nc2ccccc2C(F)(F)F)=C(C#N)[C@@H]1c1ccccc1Cl. The van der Waals surface area contributed by atoms with Gasteiger partial charge in [-0.1, -0.05) is 66.3 Å². The van der Waals surface area contributed by atoms with Crippen LogP contribution in [-0.4, -0.2) is 24.2 Å². The Labute approximate surface area is 220 Å². The van der Waals surface area contributed by atoms with E-state index in [-0.39, 0.29) is 34.2 Å².